The second-order valence-electron chi connectivity index (χ2n) is 4.98. The van der Waals surface area contributed by atoms with Crippen LogP contribution in [0.1, 0.15) is 52.9 Å². The van der Waals surface area contributed by atoms with Gasteiger partial charge in [-0.2, -0.15) is 0 Å². The summed E-state index contributed by atoms with van der Waals surface area (Å²) in [4.78, 5) is 11.0. The largest absolute Gasteiger partial charge is 0.353 e. The summed E-state index contributed by atoms with van der Waals surface area (Å²) < 4.78 is 0. The van der Waals surface area contributed by atoms with Crippen molar-refractivity contribution in [2.24, 2.45) is 0 Å². The lowest BCUT2D eigenvalue weighted by Crippen LogP contribution is -2.22. The van der Waals surface area contributed by atoms with Gasteiger partial charge in [0.25, 0.3) is 0 Å². The Morgan fingerprint density at radius 3 is 2.53 bits per heavy atom. The molecule has 1 amide bonds. The van der Waals surface area contributed by atoms with Crippen LogP contribution in [0.2, 0.25) is 11.6 Å². The third kappa shape index (κ3) is 10.2. The van der Waals surface area contributed by atoms with E-state index >= 15 is 0 Å². The van der Waals surface area contributed by atoms with Gasteiger partial charge in [0.2, 0.25) is 5.91 Å². The van der Waals surface area contributed by atoms with Gasteiger partial charge < -0.3 is 5.32 Å². The van der Waals surface area contributed by atoms with E-state index in [1.165, 1.54) is 31.8 Å². The van der Waals surface area contributed by atoms with Crippen molar-refractivity contribution in [3.8, 4) is 0 Å². The first-order chi connectivity index (χ1) is 8.10. The molecule has 97 valence electrons. The van der Waals surface area contributed by atoms with Crippen molar-refractivity contribution in [1.82, 2.24) is 5.32 Å². The average molecular weight is 236 g/mol. The predicted molar refractivity (Wildman–Crippen MR) is 76.6 cm³/mol. The zero-order valence-corrected chi connectivity index (χ0v) is 11.7. The highest BCUT2D eigenvalue weighted by molar-refractivity contribution is 6.39. The molecule has 2 nitrogen and oxygen atoms in total. The third-order valence-corrected chi connectivity index (χ3v) is 2.82. The quantitative estimate of drug-likeness (QED) is 0.350. The van der Waals surface area contributed by atoms with E-state index < -0.39 is 0 Å². The molecule has 0 spiro atoms. The van der Waals surface area contributed by atoms with Crippen LogP contribution in [0, 0.1) is 0 Å². The SMILES string of the molecule is C=CC(=O)NCCCC([B]C(C)C)CCCC. The molecule has 1 atom stereocenters. The fourth-order valence-corrected chi connectivity index (χ4v) is 2.00. The van der Waals surface area contributed by atoms with E-state index in [9.17, 15) is 4.79 Å². The highest BCUT2D eigenvalue weighted by Crippen LogP contribution is 2.23. The summed E-state index contributed by atoms with van der Waals surface area (Å²) in [5, 5.41) is 2.83. The van der Waals surface area contributed by atoms with Crippen LogP contribution in [0.15, 0.2) is 12.7 Å². The second kappa shape index (κ2) is 10.4. The van der Waals surface area contributed by atoms with E-state index in [2.05, 4.69) is 39.9 Å². The van der Waals surface area contributed by atoms with Crippen LogP contribution in [-0.4, -0.2) is 19.7 Å². The lowest BCUT2D eigenvalue weighted by molar-refractivity contribution is -0.116. The van der Waals surface area contributed by atoms with Gasteiger partial charge in [0.1, 0.15) is 7.28 Å². The maximum absolute atomic E-state index is 11.0. The van der Waals surface area contributed by atoms with Gasteiger partial charge in [0, 0.05) is 6.54 Å². The fraction of sp³-hybridized carbons (Fsp3) is 0.786. The number of hydrogen-bond acceptors (Lipinski definition) is 1. The molecular weight excluding hydrogens is 209 g/mol. The van der Waals surface area contributed by atoms with Gasteiger partial charge >= 0.3 is 0 Å². The molecule has 17 heavy (non-hydrogen) atoms. The van der Waals surface area contributed by atoms with E-state index in [0.29, 0.717) is 11.6 Å². The van der Waals surface area contributed by atoms with Crippen LogP contribution in [-0.2, 0) is 4.79 Å². The monoisotopic (exact) mass is 236 g/mol. The summed E-state index contributed by atoms with van der Waals surface area (Å²) in [6.07, 6.45) is 7.40. The molecule has 1 N–H and O–H groups in total. The number of hydrogen-bond donors (Lipinski definition) is 1. The molecule has 0 aromatic carbocycles. The van der Waals surface area contributed by atoms with Gasteiger partial charge in [0.15, 0.2) is 0 Å². The first kappa shape index (κ1) is 16.3. The predicted octanol–water partition coefficient (Wildman–Crippen LogP) is 3.58. The first-order valence-electron chi connectivity index (χ1n) is 6.85. The van der Waals surface area contributed by atoms with E-state index in [1.54, 1.807) is 0 Å². The normalized spacial score (nSPS) is 12.2. The lowest BCUT2D eigenvalue weighted by Gasteiger charge is -2.17. The summed E-state index contributed by atoms with van der Waals surface area (Å²) in [7, 11) is 2.45. The molecule has 0 aliphatic rings. The highest BCUT2D eigenvalue weighted by atomic mass is 16.1. The topological polar surface area (TPSA) is 29.1 Å². The van der Waals surface area contributed by atoms with Gasteiger partial charge in [-0.15, -0.1) is 0 Å². The minimum Gasteiger partial charge on any atom is -0.353 e. The van der Waals surface area contributed by atoms with Crippen molar-refractivity contribution in [3.05, 3.63) is 12.7 Å². The Kier molecular flexibility index (Phi) is 9.99. The molecule has 0 bridgehead atoms. The van der Waals surface area contributed by atoms with Gasteiger partial charge in [-0.1, -0.05) is 64.7 Å². The van der Waals surface area contributed by atoms with Crippen molar-refractivity contribution in [3.63, 3.8) is 0 Å². The number of rotatable bonds is 10. The number of unbranched alkanes of at least 4 members (excludes halogenated alkanes) is 1. The zero-order valence-electron chi connectivity index (χ0n) is 11.7. The van der Waals surface area contributed by atoms with Crippen LogP contribution < -0.4 is 5.32 Å². The van der Waals surface area contributed by atoms with E-state index in [0.717, 1.165) is 13.0 Å². The number of carbonyl (C=O) groups is 1. The van der Waals surface area contributed by atoms with Gasteiger partial charge in [-0.3, -0.25) is 4.79 Å². The van der Waals surface area contributed by atoms with Gasteiger partial charge in [0.05, 0.1) is 0 Å². The third-order valence-electron chi connectivity index (χ3n) is 2.82. The maximum atomic E-state index is 11.0. The standard InChI is InChI=1S/C14H27BNO/c1-5-7-9-13(15-12(3)4)10-8-11-16-14(17)6-2/h6,12-13H,2,5,7-11H2,1,3-4H3,(H,16,17). The second-order valence-corrected chi connectivity index (χ2v) is 4.98. The summed E-state index contributed by atoms with van der Waals surface area (Å²) in [5.41, 5.74) is 0. The van der Waals surface area contributed by atoms with Gasteiger partial charge in [-0.25, -0.2) is 0 Å². The molecule has 0 saturated carbocycles. The molecular formula is C14H27BNO. The lowest BCUT2D eigenvalue weighted by atomic mass is 9.53. The van der Waals surface area contributed by atoms with Crippen LogP contribution in [0.25, 0.3) is 0 Å². The first-order valence-corrected chi connectivity index (χ1v) is 6.85. The van der Waals surface area contributed by atoms with Crippen molar-refractivity contribution in [2.45, 2.75) is 64.5 Å². The molecule has 0 aliphatic heterocycles. The molecule has 0 aromatic heterocycles. The van der Waals surface area contributed by atoms with E-state index in [4.69, 9.17) is 0 Å². The number of carbonyl (C=O) groups excluding carboxylic acids is 1. The van der Waals surface area contributed by atoms with Crippen molar-refractivity contribution < 1.29 is 4.79 Å². The Labute approximate surface area is 107 Å². The molecule has 0 rings (SSSR count). The Morgan fingerprint density at radius 1 is 1.35 bits per heavy atom. The molecule has 0 saturated heterocycles. The Balaban J connectivity index is 3.74. The maximum Gasteiger partial charge on any atom is 0.243 e. The van der Waals surface area contributed by atoms with Gasteiger partial charge in [-0.05, 0) is 12.5 Å². The van der Waals surface area contributed by atoms with E-state index in [-0.39, 0.29) is 5.91 Å². The molecule has 0 aromatic rings. The van der Waals surface area contributed by atoms with Crippen LogP contribution in [0.4, 0.5) is 0 Å². The Morgan fingerprint density at radius 2 is 2.00 bits per heavy atom. The van der Waals surface area contributed by atoms with Crippen molar-refractivity contribution in [2.75, 3.05) is 6.54 Å². The van der Waals surface area contributed by atoms with Crippen molar-refractivity contribution in [1.29, 1.82) is 0 Å². The molecule has 1 unspecified atom stereocenters. The summed E-state index contributed by atoms with van der Waals surface area (Å²) in [5.74, 6) is 1.29. The molecule has 0 heterocycles. The minimum atomic E-state index is -0.0667. The van der Waals surface area contributed by atoms with E-state index in [1.807, 2.05) is 0 Å². The molecule has 0 fully saturated rings. The van der Waals surface area contributed by atoms with Crippen molar-refractivity contribution >= 4 is 13.2 Å². The number of nitrogens with one attached hydrogen (secondary N) is 1. The molecule has 3 heteroatoms. The van der Waals surface area contributed by atoms with Crippen LogP contribution in [0.5, 0.6) is 0 Å². The zero-order chi connectivity index (χ0) is 13.1. The molecule has 0 aliphatic carbocycles. The molecule has 1 radical (unpaired) electrons. The van der Waals surface area contributed by atoms with Crippen LogP contribution >= 0.6 is 0 Å². The fourth-order valence-electron chi connectivity index (χ4n) is 2.00. The number of amides is 1. The summed E-state index contributed by atoms with van der Waals surface area (Å²) in [6.45, 7) is 10.9. The smallest absolute Gasteiger partial charge is 0.243 e. The average Bonchev–Trinajstić information content (AvgIpc) is 2.30. The highest BCUT2D eigenvalue weighted by Gasteiger charge is 2.11. The summed E-state index contributed by atoms with van der Waals surface area (Å²) in [6, 6.07) is 0. The minimum absolute atomic E-state index is 0.0667. The summed E-state index contributed by atoms with van der Waals surface area (Å²) >= 11 is 0. The Hall–Kier alpha value is -0.725. The Bertz CT molecular complexity index is 216. The van der Waals surface area contributed by atoms with Crippen LogP contribution in [0.3, 0.4) is 0 Å².